The predicted octanol–water partition coefficient (Wildman–Crippen LogP) is 0.690. The van der Waals surface area contributed by atoms with Crippen LogP contribution in [-0.4, -0.2) is 42.4 Å². The first-order chi connectivity index (χ1) is 13.0. The van der Waals surface area contributed by atoms with Crippen molar-refractivity contribution in [1.82, 2.24) is 24.5 Å². The molecular formula is C18H25N5O4. The van der Waals surface area contributed by atoms with Crippen molar-refractivity contribution in [1.29, 1.82) is 0 Å². The molecule has 0 radical (unpaired) electrons. The lowest BCUT2D eigenvalue weighted by Gasteiger charge is -2.15. The number of H-pyrrole nitrogens is 1. The molecule has 0 amide bonds. The summed E-state index contributed by atoms with van der Waals surface area (Å²) in [5.41, 5.74) is 0.465. The zero-order chi connectivity index (χ0) is 19.0. The Morgan fingerprint density at radius 1 is 1.30 bits per heavy atom. The van der Waals surface area contributed by atoms with Crippen molar-refractivity contribution in [3.63, 3.8) is 0 Å². The van der Waals surface area contributed by atoms with Crippen molar-refractivity contribution in [3.8, 4) is 0 Å². The van der Waals surface area contributed by atoms with Gasteiger partial charge in [-0.2, -0.15) is 0 Å². The molecule has 0 aromatic carbocycles. The number of aliphatic hydroxyl groups excluding tert-OH is 1. The number of ether oxygens (including phenoxy) is 1. The fourth-order valence-electron chi connectivity index (χ4n) is 4.21. The topological polar surface area (TPSA) is 115 Å². The molecule has 9 nitrogen and oxygen atoms in total. The quantitative estimate of drug-likeness (QED) is 0.795. The molecule has 9 heteroatoms. The van der Waals surface area contributed by atoms with Gasteiger partial charge in [0.1, 0.15) is 12.3 Å². The van der Waals surface area contributed by atoms with E-state index in [-0.39, 0.29) is 12.6 Å². The Kier molecular flexibility index (Phi) is 4.96. The second kappa shape index (κ2) is 7.40. The summed E-state index contributed by atoms with van der Waals surface area (Å²) in [6, 6.07) is -0.219. The van der Waals surface area contributed by atoms with Crippen molar-refractivity contribution >= 4 is 0 Å². The number of hydrogen-bond donors (Lipinski definition) is 2. The van der Waals surface area contributed by atoms with Crippen LogP contribution < -0.4 is 11.2 Å². The fraction of sp³-hybridized carbons (Fsp3) is 0.667. The van der Waals surface area contributed by atoms with Crippen LogP contribution in [-0.2, 0) is 11.2 Å². The lowest BCUT2D eigenvalue weighted by molar-refractivity contribution is -0.0323. The molecule has 2 aromatic heterocycles. The van der Waals surface area contributed by atoms with E-state index in [4.69, 9.17) is 4.74 Å². The Hall–Kier alpha value is -2.26. The van der Waals surface area contributed by atoms with Crippen molar-refractivity contribution in [2.45, 2.75) is 63.8 Å². The van der Waals surface area contributed by atoms with Crippen molar-refractivity contribution in [3.05, 3.63) is 44.5 Å². The molecule has 1 unspecified atom stereocenters. The largest absolute Gasteiger partial charge is 0.394 e. The summed E-state index contributed by atoms with van der Waals surface area (Å²) in [5.74, 6) is 0.680. The maximum absolute atomic E-state index is 12.1. The molecule has 0 bridgehead atoms. The Bertz CT molecular complexity index is 911. The Morgan fingerprint density at radius 3 is 2.81 bits per heavy atom. The SMILES string of the molecule is Cc1cn(C2C[C@H](n3cc(CC4CCCC4)nn3)[C@@H](CO)O2)c(=O)[nH]c1=O. The normalized spacial score (nSPS) is 26.1. The van der Waals surface area contributed by atoms with Crippen LogP contribution in [0.4, 0.5) is 0 Å². The number of aromatic amines is 1. The number of aryl methyl sites for hydroxylation is 1. The summed E-state index contributed by atoms with van der Waals surface area (Å²) in [6.45, 7) is 1.45. The highest BCUT2D eigenvalue weighted by Crippen LogP contribution is 2.36. The van der Waals surface area contributed by atoms with Gasteiger partial charge in [-0.1, -0.05) is 30.9 Å². The molecule has 3 heterocycles. The molecule has 3 atom stereocenters. The van der Waals surface area contributed by atoms with E-state index >= 15 is 0 Å². The number of aromatic nitrogens is 5. The summed E-state index contributed by atoms with van der Waals surface area (Å²) < 4.78 is 9.00. The number of nitrogens with zero attached hydrogens (tertiary/aromatic N) is 4. The van der Waals surface area contributed by atoms with Gasteiger partial charge in [0.05, 0.1) is 18.3 Å². The van der Waals surface area contributed by atoms with Crippen LogP contribution in [0.3, 0.4) is 0 Å². The number of hydrogen-bond acceptors (Lipinski definition) is 6. The Labute approximate surface area is 156 Å². The van der Waals surface area contributed by atoms with Gasteiger partial charge in [0.2, 0.25) is 0 Å². The lowest BCUT2D eigenvalue weighted by atomic mass is 10.0. The van der Waals surface area contributed by atoms with E-state index in [0.29, 0.717) is 17.9 Å². The third-order valence-corrected chi connectivity index (χ3v) is 5.71. The molecule has 2 fully saturated rings. The lowest BCUT2D eigenvalue weighted by Crippen LogP contribution is -2.33. The molecular weight excluding hydrogens is 350 g/mol. The van der Waals surface area contributed by atoms with Gasteiger partial charge in [0.15, 0.2) is 0 Å². The minimum Gasteiger partial charge on any atom is -0.394 e. The predicted molar refractivity (Wildman–Crippen MR) is 96.4 cm³/mol. The van der Waals surface area contributed by atoms with Gasteiger partial charge in [-0.25, -0.2) is 9.48 Å². The monoisotopic (exact) mass is 375 g/mol. The molecule has 0 spiro atoms. The average molecular weight is 375 g/mol. The summed E-state index contributed by atoms with van der Waals surface area (Å²) >= 11 is 0. The molecule has 1 aliphatic heterocycles. The van der Waals surface area contributed by atoms with E-state index in [2.05, 4.69) is 15.3 Å². The van der Waals surface area contributed by atoms with Crippen LogP contribution in [0.25, 0.3) is 0 Å². The van der Waals surface area contributed by atoms with Crippen LogP contribution >= 0.6 is 0 Å². The molecule has 1 saturated carbocycles. The van der Waals surface area contributed by atoms with Gasteiger partial charge in [0, 0.05) is 24.4 Å². The van der Waals surface area contributed by atoms with Gasteiger partial charge < -0.3 is 9.84 Å². The van der Waals surface area contributed by atoms with Gasteiger partial charge in [-0.05, 0) is 19.3 Å². The first-order valence-electron chi connectivity index (χ1n) is 9.54. The maximum atomic E-state index is 12.1. The summed E-state index contributed by atoms with van der Waals surface area (Å²) in [4.78, 5) is 26.0. The Balaban J connectivity index is 1.53. The number of nitrogens with one attached hydrogen (secondary N) is 1. The van der Waals surface area contributed by atoms with Gasteiger partial charge >= 0.3 is 5.69 Å². The molecule has 1 saturated heterocycles. The summed E-state index contributed by atoms with van der Waals surface area (Å²) in [6.07, 6.45) is 8.82. The third-order valence-electron chi connectivity index (χ3n) is 5.71. The fourth-order valence-corrected chi connectivity index (χ4v) is 4.21. The number of rotatable bonds is 5. The van der Waals surface area contributed by atoms with E-state index in [9.17, 15) is 14.7 Å². The van der Waals surface area contributed by atoms with Gasteiger partial charge in [-0.15, -0.1) is 5.10 Å². The Morgan fingerprint density at radius 2 is 2.07 bits per heavy atom. The highest BCUT2D eigenvalue weighted by atomic mass is 16.5. The van der Waals surface area contributed by atoms with E-state index in [1.807, 2.05) is 6.20 Å². The van der Waals surface area contributed by atoms with Crippen LogP contribution in [0.2, 0.25) is 0 Å². The van der Waals surface area contributed by atoms with E-state index in [0.717, 1.165) is 12.1 Å². The van der Waals surface area contributed by atoms with Crippen LogP contribution in [0.5, 0.6) is 0 Å². The molecule has 146 valence electrons. The molecule has 2 aliphatic rings. The summed E-state index contributed by atoms with van der Waals surface area (Å²) in [5, 5.41) is 18.3. The standard InChI is InChI=1S/C18H25N5O4/c1-11-8-22(18(26)19-17(11)25)16-7-14(15(10-24)27-16)23-9-13(20-21-23)6-12-4-2-3-5-12/h8-9,12,14-16,24H,2-7,10H2,1H3,(H,19,25,26)/t14-,15+,16?/m0/s1. The van der Waals surface area contributed by atoms with E-state index in [1.165, 1.54) is 36.4 Å². The second-order valence-electron chi connectivity index (χ2n) is 7.64. The zero-order valence-corrected chi connectivity index (χ0v) is 15.4. The molecule has 4 rings (SSSR count). The maximum Gasteiger partial charge on any atom is 0.330 e. The molecule has 1 aliphatic carbocycles. The smallest absolute Gasteiger partial charge is 0.330 e. The summed E-state index contributed by atoms with van der Waals surface area (Å²) in [7, 11) is 0. The first-order valence-corrected chi connectivity index (χ1v) is 9.54. The molecule has 2 aromatic rings. The van der Waals surface area contributed by atoms with Crippen molar-refractivity contribution in [2.24, 2.45) is 5.92 Å². The molecule has 2 N–H and O–H groups in total. The first kappa shape index (κ1) is 18.1. The molecule has 27 heavy (non-hydrogen) atoms. The third kappa shape index (κ3) is 3.61. The average Bonchev–Trinajstić information content (AvgIpc) is 3.38. The van der Waals surface area contributed by atoms with Gasteiger partial charge in [-0.3, -0.25) is 14.3 Å². The van der Waals surface area contributed by atoms with Crippen molar-refractivity contribution < 1.29 is 9.84 Å². The minimum absolute atomic E-state index is 0.184. The van der Waals surface area contributed by atoms with E-state index in [1.54, 1.807) is 11.6 Å². The highest BCUT2D eigenvalue weighted by molar-refractivity contribution is 5.03. The van der Waals surface area contributed by atoms with Crippen LogP contribution in [0, 0.1) is 12.8 Å². The highest BCUT2D eigenvalue weighted by Gasteiger charge is 2.38. The zero-order valence-electron chi connectivity index (χ0n) is 15.4. The van der Waals surface area contributed by atoms with Gasteiger partial charge in [0.25, 0.3) is 5.56 Å². The van der Waals surface area contributed by atoms with Crippen LogP contribution in [0.15, 0.2) is 22.0 Å². The van der Waals surface area contributed by atoms with E-state index < -0.39 is 23.6 Å². The second-order valence-corrected chi connectivity index (χ2v) is 7.64. The van der Waals surface area contributed by atoms with Crippen molar-refractivity contribution in [2.75, 3.05) is 6.61 Å². The number of aliphatic hydroxyl groups is 1. The minimum atomic E-state index is -0.572. The van der Waals surface area contributed by atoms with Crippen LogP contribution in [0.1, 0.15) is 55.6 Å².